The number of methoxy groups -OCH3 is 1. The second kappa shape index (κ2) is 8.41. The normalized spacial score (nSPS) is 16.8. The van der Waals surface area contributed by atoms with E-state index in [1.54, 1.807) is 19.6 Å². The van der Waals surface area contributed by atoms with E-state index < -0.39 is 0 Å². The Morgan fingerprint density at radius 3 is 3.07 bits per heavy atom. The number of halogens is 1. The summed E-state index contributed by atoms with van der Waals surface area (Å²) in [6.07, 6.45) is 5.56. The van der Waals surface area contributed by atoms with Crippen LogP contribution in [0.5, 0.6) is 5.75 Å². The zero-order valence-corrected chi connectivity index (χ0v) is 15.9. The molecule has 142 valence electrons. The Labute approximate surface area is 163 Å². The third-order valence-corrected chi connectivity index (χ3v) is 4.84. The first-order valence-corrected chi connectivity index (χ1v) is 8.70. The molecule has 1 aliphatic heterocycles. The lowest BCUT2D eigenvalue weighted by molar-refractivity contribution is -0.133. The molecule has 1 atom stereocenters. The number of benzene rings is 1. The van der Waals surface area contributed by atoms with Gasteiger partial charge in [-0.2, -0.15) is 0 Å². The van der Waals surface area contributed by atoms with Gasteiger partial charge in [-0.05, 0) is 23.8 Å². The third kappa shape index (κ3) is 3.91. The molecule has 0 saturated carbocycles. The van der Waals surface area contributed by atoms with Crippen molar-refractivity contribution in [1.29, 1.82) is 0 Å². The molecule has 1 amide bonds. The van der Waals surface area contributed by atoms with Gasteiger partial charge >= 0.3 is 0 Å². The number of hydrogen-bond acceptors (Lipinski definition) is 5. The van der Waals surface area contributed by atoms with Crippen LogP contribution >= 0.6 is 12.4 Å². The Morgan fingerprint density at radius 2 is 2.30 bits per heavy atom. The minimum absolute atomic E-state index is 0. The smallest absolute Gasteiger partial charge is 0.227 e. The highest BCUT2D eigenvalue weighted by Gasteiger charge is 2.28. The van der Waals surface area contributed by atoms with Gasteiger partial charge in [-0.1, -0.05) is 6.07 Å². The quantitative estimate of drug-likeness (QED) is 0.745. The highest BCUT2D eigenvalue weighted by Crippen LogP contribution is 2.28. The van der Waals surface area contributed by atoms with Crippen molar-refractivity contribution in [2.45, 2.75) is 12.5 Å². The van der Waals surface area contributed by atoms with E-state index in [4.69, 9.17) is 9.15 Å². The molecular formula is C20H22ClN3O3. The molecule has 27 heavy (non-hydrogen) atoms. The van der Waals surface area contributed by atoms with Crippen molar-refractivity contribution in [3.8, 4) is 5.75 Å². The standard InChI is InChI=1S/C20H21N3O3.ClH/c1-25-16-4-5-17-15(13-26-19(17)10-16)9-20(24)23-8-7-22-12-18(23)14-3-2-6-21-11-14;/h2-6,10-11,13,18,22H,7-9,12H2,1H3;1H. The van der Waals surface area contributed by atoms with E-state index in [1.165, 1.54) is 0 Å². The van der Waals surface area contributed by atoms with Crippen LogP contribution < -0.4 is 10.1 Å². The number of rotatable bonds is 4. The summed E-state index contributed by atoms with van der Waals surface area (Å²) in [5.74, 6) is 0.836. The summed E-state index contributed by atoms with van der Waals surface area (Å²) >= 11 is 0. The lowest BCUT2D eigenvalue weighted by Crippen LogP contribution is -2.49. The molecule has 7 heteroatoms. The first-order chi connectivity index (χ1) is 12.8. The fourth-order valence-corrected chi connectivity index (χ4v) is 3.47. The molecular weight excluding hydrogens is 366 g/mol. The van der Waals surface area contributed by atoms with Gasteiger partial charge in [0.25, 0.3) is 0 Å². The van der Waals surface area contributed by atoms with Gasteiger partial charge in [0.2, 0.25) is 5.91 Å². The molecule has 0 radical (unpaired) electrons. The molecule has 0 bridgehead atoms. The molecule has 1 fully saturated rings. The van der Waals surface area contributed by atoms with Crippen molar-refractivity contribution in [1.82, 2.24) is 15.2 Å². The molecule has 0 aliphatic carbocycles. The van der Waals surface area contributed by atoms with Crippen LogP contribution in [-0.2, 0) is 11.2 Å². The van der Waals surface area contributed by atoms with Gasteiger partial charge in [-0.3, -0.25) is 9.78 Å². The van der Waals surface area contributed by atoms with Crippen LogP contribution in [0.25, 0.3) is 11.0 Å². The predicted octanol–water partition coefficient (Wildman–Crippen LogP) is 2.97. The Kier molecular flexibility index (Phi) is 5.98. The number of carbonyl (C=O) groups excluding carboxylic acids is 1. The maximum absolute atomic E-state index is 13.0. The van der Waals surface area contributed by atoms with Gasteiger partial charge in [0, 0.05) is 49.0 Å². The molecule has 1 N–H and O–H groups in total. The van der Waals surface area contributed by atoms with Crippen LogP contribution in [0.2, 0.25) is 0 Å². The van der Waals surface area contributed by atoms with Crippen LogP contribution in [0, 0.1) is 0 Å². The molecule has 1 unspecified atom stereocenters. The zero-order chi connectivity index (χ0) is 17.9. The average molecular weight is 388 g/mol. The van der Waals surface area contributed by atoms with E-state index in [9.17, 15) is 4.79 Å². The van der Waals surface area contributed by atoms with E-state index in [0.29, 0.717) is 13.0 Å². The molecule has 1 aliphatic rings. The highest BCUT2D eigenvalue weighted by atomic mass is 35.5. The van der Waals surface area contributed by atoms with Gasteiger partial charge in [-0.15, -0.1) is 12.4 Å². The van der Waals surface area contributed by atoms with Crippen LogP contribution in [0.1, 0.15) is 17.2 Å². The molecule has 3 heterocycles. The lowest BCUT2D eigenvalue weighted by Gasteiger charge is -2.36. The maximum atomic E-state index is 13.0. The number of pyridine rings is 1. The Balaban J connectivity index is 0.00000210. The molecule has 0 spiro atoms. The van der Waals surface area contributed by atoms with Crippen molar-refractivity contribution in [3.63, 3.8) is 0 Å². The van der Waals surface area contributed by atoms with Gasteiger partial charge in [0.05, 0.1) is 25.8 Å². The molecule has 1 saturated heterocycles. The Bertz CT molecular complexity index is 913. The zero-order valence-electron chi connectivity index (χ0n) is 15.1. The van der Waals surface area contributed by atoms with E-state index in [1.807, 2.05) is 41.4 Å². The summed E-state index contributed by atoms with van der Waals surface area (Å²) < 4.78 is 10.8. The SMILES string of the molecule is COc1ccc2c(CC(=O)N3CCNCC3c3cccnc3)coc2c1.Cl. The first-order valence-electron chi connectivity index (χ1n) is 8.70. The van der Waals surface area contributed by atoms with E-state index >= 15 is 0 Å². The first kappa shape index (κ1) is 19.2. The minimum atomic E-state index is 0. The van der Waals surface area contributed by atoms with E-state index in [2.05, 4.69) is 10.3 Å². The topological polar surface area (TPSA) is 67.6 Å². The summed E-state index contributed by atoms with van der Waals surface area (Å²) in [7, 11) is 1.62. The number of nitrogens with one attached hydrogen (secondary N) is 1. The number of ether oxygens (including phenoxy) is 1. The van der Waals surface area contributed by atoms with Gasteiger partial charge in [-0.25, -0.2) is 0 Å². The number of nitrogens with zero attached hydrogens (tertiary/aromatic N) is 2. The van der Waals surface area contributed by atoms with Gasteiger partial charge < -0.3 is 19.4 Å². The second-order valence-electron chi connectivity index (χ2n) is 6.39. The van der Waals surface area contributed by atoms with Crippen LogP contribution in [-0.4, -0.2) is 42.5 Å². The Hall–Kier alpha value is -2.57. The fourth-order valence-electron chi connectivity index (χ4n) is 3.47. The molecule has 4 rings (SSSR count). The molecule has 6 nitrogen and oxygen atoms in total. The summed E-state index contributed by atoms with van der Waals surface area (Å²) in [5, 5.41) is 4.32. The van der Waals surface area contributed by atoms with Crippen LogP contribution in [0.4, 0.5) is 0 Å². The van der Waals surface area contributed by atoms with Crippen LogP contribution in [0.15, 0.2) is 53.4 Å². The third-order valence-electron chi connectivity index (χ3n) is 4.84. The number of fused-ring (bicyclic) bond motifs is 1. The summed E-state index contributed by atoms with van der Waals surface area (Å²) in [6, 6.07) is 9.59. The van der Waals surface area contributed by atoms with E-state index in [0.717, 1.165) is 40.9 Å². The lowest BCUT2D eigenvalue weighted by atomic mass is 10.0. The fraction of sp³-hybridized carbons (Fsp3) is 0.300. The van der Waals surface area contributed by atoms with Crippen molar-refractivity contribution in [3.05, 3.63) is 60.1 Å². The van der Waals surface area contributed by atoms with Gasteiger partial charge in [0.15, 0.2) is 0 Å². The highest BCUT2D eigenvalue weighted by molar-refractivity contribution is 5.88. The Morgan fingerprint density at radius 1 is 1.41 bits per heavy atom. The number of amides is 1. The molecule has 3 aromatic rings. The van der Waals surface area contributed by atoms with Crippen molar-refractivity contribution in [2.75, 3.05) is 26.7 Å². The largest absolute Gasteiger partial charge is 0.497 e. The van der Waals surface area contributed by atoms with Crippen molar-refractivity contribution >= 4 is 29.3 Å². The van der Waals surface area contributed by atoms with Crippen LogP contribution in [0.3, 0.4) is 0 Å². The molecule has 1 aromatic carbocycles. The average Bonchev–Trinajstić information content (AvgIpc) is 3.10. The number of carbonyl (C=O) groups is 1. The summed E-state index contributed by atoms with van der Waals surface area (Å²) in [5.41, 5.74) is 2.68. The number of piperazine rings is 1. The molecule has 2 aromatic heterocycles. The number of hydrogen-bond donors (Lipinski definition) is 1. The minimum Gasteiger partial charge on any atom is -0.497 e. The second-order valence-corrected chi connectivity index (χ2v) is 6.39. The van der Waals surface area contributed by atoms with Gasteiger partial charge in [0.1, 0.15) is 11.3 Å². The van der Waals surface area contributed by atoms with Crippen molar-refractivity contribution in [2.24, 2.45) is 0 Å². The predicted molar refractivity (Wildman–Crippen MR) is 105 cm³/mol. The summed E-state index contributed by atoms with van der Waals surface area (Å²) in [6.45, 7) is 2.22. The number of furan rings is 1. The van der Waals surface area contributed by atoms with E-state index in [-0.39, 0.29) is 24.4 Å². The maximum Gasteiger partial charge on any atom is 0.227 e. The number of aromatic nitrogens is 1. The monoisotopic (exact) mass is 387 g/mol. The van der Waals surface area contributed by atoms with Crippen molar-refractivity contribution < 1.29 is 13.9 Å². The summed E-state index contributed by atoms with van der Waals surface area (Å²) in [4.78, 5) is 19.2.